The van der Waals surface area contributed by atoms with E-state index in [4.69, 9.17) is 21.6 Å². The maximum Gasteiger partial charge on any atom is 0.265 e. The fourth-order valence-corrected chi connectivity index (χ4v) is 2.10. The molecule has 4 nitrogen and oxygen atoms in total. The summed E-state index contributed by atoms with van der Waals surface area (Å²) in [6, 6.07) is 14.0. The van der Waals surface area contributed by atoms with Crippen molar-refractivity contribution in [3.05, 3.63) is 58.6 Å². The number of amides is 1. The summed E-state index contributed by atoms with van der Waals surface area (Å²) < 4.78 is 5.55. The van der Waals surface area contributed by atoms with Crippen LogP contribution >= 0.6 is 11.6 Å². The van der Waals surface area contributed by atoms with Gasteiger partial charge in [-0.1, -0.05) is 17.7 Å². The van der Waals surface area contributed by atoms with Crippen LogP contribution in [0, 0.1) is 18.3 Å². The van der Waals surface area contributed by atoms with Gasteiger partial charge in [0.25, 0.3) is 5.91 Å². The molecular weight excluding hydrogens is 300 g/mol. The Bertz CT molecular complexity index is 720. The Morgan fingerprint density at radius 3 is 2.55 bits per heavy atom. The quantitative estimate of drug-likeness (QED) is 0.930. The zero-order valence-electron chi connectivity index (χ0n) is 12.3. The molecule has 112 valence electrons. The molecule has 2 aromatic carbocycles. The summed E-state index contributed by atoms with van der Waals surface area (Å²) >= 11 is 6.09. The monoisotopic (exact) mass is 314 g/mol. The highest BCUT2D eigenvalue weighted by Gasteiger charge is 2.16. The molecule has 0 fully saturated rings. The topological polar surface area (TPSA) is 62.1 Å². The number of rotatable bonds is 4. The fourth-order valence-electron chi connectivity index (χ4n) is 1.82. The zero-order chi connectivity index (χ0) is 16.1. The predicted octanol–water partition coefficient (Wildman–Crippen LogP) is 3.93. The molecule has 1 amide bonds. The van der Waals surface area contributed by atoms with Crippen molar-refractivity contribution in [3.8, 4) is 11.8 Å². The van der Waals surface area contributed by atoms with Crippen LogP contribution in [0.5, 0.6) is 5.75 Å². The molecule has 22 heavy (non-hydrogen) atoms. The number of nitriles is 1. The van der Waals surface area contributed by atoms with Gasteiger partial charge < -0.3 is 10.1 Å². The molecule has 0 aromatic heterocycles. The molecule has 0 aliphatic rings. The lowest BCUT2D eigenvalue weighted by atomic mass is 10.2. The number of nitrogens with zero attached hydrogens (tertiary/aromatic N) is 1. The minimum Gasteiger partial charge on any atom is -0.481 e. The van der Waals surface area contributed by atoms with Crippen LogP contribution in [-0.4, -0.2) is 12.0 Å². The van der Waals surface area contributed by atoms with Crippen molar-refractivity contribution in [2.45, 2.75) is 20.0 Å². The average molecular weight is 315 g/mol. The molecule has 1 N–H and O–H groups in total. The largest absolute Gasteiger partial charge is 0.481 e. The molecule has 0 aliphatic carbocycles. The highest BCUT2D eigenvalue weighted by atomic mass is 35.5. The molecule has 0 aliphatic heterocycles. The van der Waals surface area contributed by atoms with E-state index in [1.165, 1.54) is 0 Å². The van der Waals surface area contributed by atoms with Gasteiger partial charge in [-0.3, -0.25) is 4.79 Å². The van der Waals surface area contributed by atoms with Gasteiger partial charge in [-0.05, 0) is 55.8 Å². The summed E-state index contributed by atoms with van der Waals surface area (Å²) in [6.07, 6.45) is -0.690. The van der Waals surface area contributed by atoms with Crippen LogP contribution in [0.1, 0.15) is 18.1 Å². The number of hydrogen-bond acceptors (Lipinski definition) is 3. The van der Waals surface area contributed by atoms with E-state index in [0.29, 0.717) is 22.0 Å². The molecule has 0 saturated heterocycles. The third kappa shape index (κ3) is 4.00. The first-order chi connectivity index (χ1) is 10.5. The lowest BCUT2D eigenvalue weighted by Crippen LogP contribution is -2.30. The first-order valence-electron chi connectivity index (χ1n) is 6.73. The number of carbonyl (C=O) groups is 1. The van der Waals surface area contributed by atoms with Crippen molar-refractivity contribution in [2.24, 2.45) is 0 Å². The molecule has 0 bridgehead atoms. The Labute approximate surface area is 134 Å². The van der Waals surface area contributed by atoms with Crippen LogP contribution in [0.15, 0.2) is 42.5 Å². The van der Waals surface area contributed by atoms with Crippen LogP contribution in [0.25, 0.3) is 0 Å². The molecule has 0 radical (unpaired) electrons. The van der Waals surface area contributed by atoms with E-state index >= 15 is 0 Å². The van der Waals surface area contributed by atoms with Crippen molar-refractivity contribution in [2.75, 3.05) is 5.32 Å². The van der Waals surface area contributed by atoms with Crippen LogP contribution in [0.4, 0.5) is 5.69 Å². The van der Waals surface area contributed by atoms with Gasteiger partial charge in [0, 0.05) is 0 Å². The standard InChI is InChI=1S/C17H15ClN2O2/c1-11-3-8-16(15(18)9-11)20-17(21)12(2)22-14-6-4-13(10-19)5-7-14/h3-9,12H,1-2H3,(H,20,21). The highest BCUT2D eigenvalue weighted by Crippen LogP contribution is 2.23. The maximum atomic E-state index is 12.1. The van der Waals surface area contributed by atoms with Crippen molar-refractivity contribution in [1.82, 2.24) is 0 Å². The van der Waals surface area contributed by atoms with E-state index in [2.05, 4.69) is 5.32 Å². The Balaban J connectivity index is 2.01. The smallest absolute Gasteiger partial charge is 0.265 e. The maximum absolute atomic E-state index is 12.1. The van der Waals surface area contributed by atoms with E-state index in [1.807, 2.05) is 19.1 Å². The SMILES string of the molecule is Cc1ccc(NC(=O)C(C)Oc2ccc(C#N)cc2)c(Cl)c1. The molecule has 1 atom stereocenters. The summed E-state index contributed by atoms with van der Waals surface area (Å²) in [5, 5.41) is 12.0. The lowest BCUT2D eigenvalue weighted by molar-refractivity contribution is -0.122. The normalized spacial score (nSPS) is 11.4. The zero-order valence-corrected chi connectivity index (χ0v) is 13.0. The van der Waals surface area contributed by atoms with Crippen molar-refractivity contribution in [1.29, 1.82) is 5.26 Å². The van der Waals surface area contributed by atoms with Crippen LogP contribution in [-0.2, 0) is 4.79 Å². The second-order valence-electron chi connectivity index (χ2n) is 4.87. The van der Waals surface area contributed by atoms with Gasteiger partial charge in [-0.2, -0.15) is 5.26 Å². The van der Waals surface area contributed by atoms with Crippen LogP contribution in [0.3, 0.4) is 0 Å². The van der Waals surface area contributed by atoms with E-state index in [1.54, 1.807) is 43.3 Å². The van der Waals surface area contributed by atoms with Gasteiger partial charge in [0.2, 0.25) is 0 Å². The number of nitrogens with one attached hydrogen (secondary N) is 1. The van der Waals surface area contributed by atoms with Gasteiger partial charge >= 0.3 is 0 Å². The Morgan fingerprint density at radius 1 is 1.27 bits per heavy atom. The number of benzene rings is 2. The fraction of sp³-hybridized carbons (Fsp3) is 0.176. The van der Waals surface area contributed by atoms with Crippen LogP contribution < -0.4 is 10.1 Å². The molecule has 2 aromatic rings. The number of hydrogen-bond donors (Lipinski definition) is 1. The third-order valence-corrected chi connectivity index (χ3v) is 3.36. The van der Waals surface area contributed by atoms with E-state index in [-0.39, 0.29) is 5.91 Å². The van der Waals surface area contributed by atoms with Crippen LogP contribution in [0.2, 0.25) is 5.02 Å². The number of anilines is 1. The molecule has 0 spiro atoms. The first kappa shape index (κ1) is 15.9. The van der Waals surface area contributed by atoms with Gasteiger partial charge in [0.05, 0.1) is 22.3 Å². The van der Waals surface area contributed by atoms with E-state index < -0.39 is 6.10 Å². The Hall–Kier alpha value is -2.51. The lowest BCUT2D eigenvalue weighted by Gasteiger charge is -2.15. The Kier molecular flexibility index (Phi) is 5.03. The van der Waals surface area contributed by atoms with Gasteiger partial charge in [-0.15, -0.1) is 0 Å². The molecule has 1 unspecified atom stereocenters. The second kappa shape index (κ2) is 6.97. The molecule has 2 rings (SSSR count). The minimum absolute atomic E-state index is 0.296. The van der Waals surface area contributed by atoms with Crippen molar-refractivity contribution < 1.29 is 9.53 Å². The summed E-state index contributed by atoms with van der Waals surface area (Å²) in [5.41, 5.74) is 2.10. The molecule has 0 heterocycles. The predicted molar refractivity (Wildman–Crippen MR) is 86.1 cm³/mol. The summed E-state index contributed by atoms with van der Waals surface area (Å²) in [5.74, 6) is 0.228. The van der Waals surface area contributed by atoms with Gasteiger partial charge in [0.1, 0.15) is 5.75 Å². The summed E-state index contributed by atoms with van der Waals surface area (Å²) in [7, 11) is 0. The van der Waals surface area contributed by atoms with E-state index in [0.717, 1.165) is 5.56 Å². The second-order valence-corrected chi connectivity index (χ2v) is 5.28. The first-order valence-corrected chi connectivity index (χ1v) is 7.11. The number of aryl methyl sites for hydroxylation is 1. The summed E-state index contributed by atoms with van der Waals surface area (Å²) in [4.78, 5) is 12.1. The molecule has 0 saturated carbocycles. The Morgan fingerprint density at radius 2 is 1.95 bits per heavy atom. The number of carbonyl (C=O) groups excluding carboxylic acids is 1. The van der Waals surface area contributed by atoms with Gasteiger partial charge in [0.15, 0.2) is 6.10 Å². The van der Waals surface area contributed by atoms with Gasteiger partial charge in [-0.25, -0.2) is 0 Å². The molecule has 5 heteroatoms. The summed E-state index contributed by atoms with van der Waals surface area (Å²) in [6.45, 7) is 3.57. The molecular formula is C17H15ClN2O2. The third-order valence-electron chi connectivity index (χ3n) is 3.05. The number of ether oxygens (including phenoxy) is 1. The minimum atomic E-state index is -0.690. The van der Waals surface area contributed by atoms with Crippen molar-refractivity contribution >= 4 is 23.2 Å². The number of halogens is 1. The van der Waals surface area contributed by atoms with E-state index in [9.17, 15) is 4.79 Å². The van der Waals surface area contributed by atoms with Crippen molar-refractivity contribution in [3.63, 3.8) is 0 Å². The average Bonchev–Trinajstić information content (AvgIpc) is 2.50. The highest BCUT2D eigenvalue weighted by molar-refractivity contribution is 6.33.